The van der Waals surface area contributed by atoms with Crippen molar-refractivity contribution in [1.82, 2.24) is 5.32 Å². The van der Waals surface area contributed by atoms with Gasteiger partial charge >= 0.3 is 0 Å². The summed E-state index contributed by atoms with van der Waals surface area (Å²) >= 11 is 3.52. The van der Waals surface area contributed by atoms with Crippen LogP contribution in [0.2, 0.25) is 51.4 Å². The predicted octanol–water partition coefficient (Wildman–Crippen LogP) is 6.06. The Balaban J connectivity index is 2.17. The number of carbonyl (C=O) groups excluding carboxylic acids is 1. The zero-order chi connectivity index (χ0) is 34.0. The molecule has 0 aromatic heterocycles. The van der Waals surface area contributed by atoms with E-state index in [0.29, 0.717) is 24.5 Å². The van der Waals surface area contributed by atoms with Gasteiger partial charge in [0.05, 0.1) is 18.0 Å². The second-order valence-corrected chi connectivity index (χ2v) is 27.6. The molecule has 2 aromatic carbocycles. The van der Waals surface area contributed by atoms with E-state index in [1.807, 2.05) is 26.0 Å². The van der Waals surface area contributed by atoms with Crippen molar-refractivity contribution >= 4 is 53.7 Å². The number of sulfonamides is 1. The number of nitrogens with zero attached hydrogens (tertiary/aromatic N) is 1. The van der Waals surface area contributed by atoms with Gasteiger partial charge in [-0.2, -0.15) is 0 Å². The smallest absolute Gasteiger partial charge is 0.258 e. The molecule has 0 heterocycles. The summed E-state index contributed by atoms with van der Waals surface area (Å²) in [7, 11) is -6.47. The largest absolute Gasteiger partial charge is 0.484 e. The third kappa shape index (κ3) is 14.6. The number of amides is 1. The van der Waals surface area contributed by atoms with Crippen LogP contribution in [0, 0.1) is 13.8 Å². The summed E-state index contributed by atoms with van der Waals surface area (Å²) in [6, 6.07) is 10.3. The predicted molar refractivity (Wildman–Crippen MR) is 189 cm³/mol. The second kappa shape index (κ2) is 17.3. The first-order valence-electron chi connectivity index (χ1n) is 15.0. The molecule has 1 amide bonds. The molecule has 0 saturated heterocycles. The molecule has 10 nitrogen and oxygen atoms in total. The molecule has 45 heavy (non-hydrogen) atoms. The van der Waals surface area contributed by atoms with Gasteiger partial charge in [-0.15, -0.1) is 0 Å². The van der Waals surface area contributed by atoms with E-state index in [-0.39, 0.29) is 38.1 Å². The fourth-order valence-corrected chi connectivity index (χ4v) is 6.50. The number of hydrogen-bond acceptors (Lipinski definition) is 8. The van der Waals surface area contributed by atoms with Crippen LogP contribution in [-0.2, 0) is 24.3 Å². The highest BCUT2D eigenvalue weighted by atomic mass is 79.9. The number of aliphatic hydroxyl groups excluding tert-OH is 1. The molecule has 0 saturated carbocycles. The molecule has 2 aromatic rings. The lowest BCUT2D eigenvalue weighted by Gasteiger charge is -2.26. The first kappa shape index (κ1) is 39.2. The molecule has 2 rings (SSSR count). The Kier molecular flexibility index (Phi) is 15.1. The molecule has 254 valence electrons. The maximum atomic E-state index is 12.9. The SMILES string of the molecule is Cc1cc(OCC(=O)NC[C@H](O)c2ccc(OCOCC[Si](C)(C)C)c(N(COCC[Si](C)(C)C)S(C)(=O)=O)c2)cc(C)c1Br. The van der Waals surface area contributed by atoms with Crippen molar-refractivity contribution in [2.24, 2.45) is 0 Å². The standard InChI is InChI=1S/C31H51BrN2O8SSi2/c1-23-16-26(17-24(2)31(23)32)41-20-30(36)33-19-28(35)25-10-11-29(42-22-40-13-15-45(7,8)9)27(18-25)34(43(3,37)38)21-39-12-14-44(4,5)6/h10-11,16-18,28,35H,12-15,19-22H2,1-9H3,(H,33,36)/t28-/m0/s1. The van der Waals surface area contributed by atoms with Gasteiger partial charge in [0, 0.05) is 40.4 Å². The Labute approximate surface area is 280 Å². The maximum Gasteiger partial charge on any atom is 0.258 e. The Morgan fingerprint density at radius 2 is 1.53 bits per heavy atom. The van der Waals surface area contributed by atoms with Crippen LogP contribution >= 0.6 is 15.9 Å². The van der Waals surface area contributed by atoms with Gasteiger partial charge in [-0.25, -0.2) is 12.7 Å². The number of rotatable bonds is 19. The molecule has 0 fully saturated rings. The van der Waals surface area contributed by atoms with Crippen molar-refractivity contribution in [2.45, 2.75) is 71.3 Å². The number of aliphatic hydroxyl groups is 1. The molecule has 14 heteroatoms. The molecule has 0 aliphatic heterocycles. The minimum absolute atomic E-state index is 0.0546. The van der Waals surface area contributed by atoms with Gasteiger partial charge in [0.25, 0.3) is 5.91 Å². The van der Waals surface area contributed by atoms with E-state index in [4.69, 9.17) is 18.9 Å². The third-order valence-corrected chi connectivity index (χ3v) is 12.6. The number of anilines is 1. The van der Waals surface area contributed by atoms with Crippen molar-refractivity contribution < 1.29 is 37.3 Å². The van der Waals surface area contributed by atoms with E-state index in [9.17, 15) is 18.3 Å². The van der Waals surface area contributed by atoms with Gasteiger partial charge in [0.15, 0.2) is 13.4 Å². The zero-order valence-electron chi connectivity index (χ0n) is 28.2. The topological polar surface area (TPSA) is 124 Å². The van der Waals surface area contributed by atoms with Crippen molar-refractivity contribution in [1.29, 1.82) is 0 Å². The fraction of sp³-hybridized carbons (Fsp3) is 0.581. The van der Waals surface area contributed by atoms with Gasteiger partial charge in [0.2, 0.25) is 10.0 Å². The van der Waals surface area contributed by atoms with E-state index in [1.54, 1.807) is 18.2 Å². The van der Waals surface area contributed by atoms with Crippen LogP contribution in [0.5, 0.6) is 11.5 Å². The summed E-state index contributed by atoms with van der Waals surface area (Å²) in [5, 5.41) is 13.6. The number of hydrogen-bond donors (Lipinski definition) is 2. The van der Waals surface area contributed by atoms with Crippen LogP contribution in [0.4, 0.5) is 5.69 Å². The maximum absolute atomic E-state index is 12.9. The Hall–Kier alpha value is -1.95. The molecule has 0 radical (unpaired) electrons. The molecule has 0 bridgehead atoms. The molecule has 0 unspecified atom stereocenters. The number of halogens is 1. The summed E-state index contributed by atoms with van der Waals surface area (Å²) in [5.74, 6) is 0.439. The molecule has 2 N–H and O–H groups in total. The summed E-state index contributed by atoms with van der Waals surface area (Å²) in [6.45, 7) is 17.7. The van der Waals surface area contributed by atoms with Crippen LogP contribution < -0.4 is 19.1 Å². The zero-order valence-corrected chi connectivity index (χ0v) is 32.6. The van der Waals surface area contributed by atoms with Crippen molar-refractivity contribution in [3.8, 4) is 11.5 Å². The van der Waals surface area contributed by atoms with Gasteiger partial charge < -0.3 is 29.4 Å². The normalized spacial score (nSPS) is 13.0. The van der Waals surface area contributed by atoms with Gasteiger partial charge in [-0.1, -0.05) is 61.3 Å². The average molecular weight is 748 g/mol. The lowest BCUT2D eigenvalue weighted by Crippen LogP contribution is -2.34. The minimum atomic E-state index is -3.79. The number of nitrogens with one attached hydrogen (secondary N) is 1. The average Bonchev–Trinajstić information content (AvgIpc) is 2.91. The quantitative estimate of drug-likeness (QED) is 0.101. The highest BCUT2D eigenvalue weighted by Crippen LogP contribution is 2.33. The highest BCUT2D eigenvalue weighted by Gasteiger charge is 2.24. The molecular formula is C31H51BrN2O8SSi2. The second-order valence-electron chi connectivity index (χ2n) is 13.6. The lowest BCUT2D eigenvalue weighted by atomic mass is 10.1. The molecule has 1 atom stereocenters. The van der Waals surface area contributed by atoms with Crippen LogP contribution in [-0.4, -0.2) is 81.7 Å². The number of aryl methyl sites for hydroxylation is 2. The molecular weight excluding hydrogens is 696 g/mol. The lowest BCUT2D eigenvalue weighted by molar-refractivity contribution is -0.123. The van der Waals surface area contributed by atoms with E-state index < -0.39 is 38.2 Å². The van der Waals surface area contributed by atoms with Gasteiger partial charge in [-0.05, 0) is 66.9 Å². The highest BCUT2D eigenvalue weighted by molar-refractivity contribution is 9.10. The van der Waals surface area contributed by atoms with E-state index in [1.165, 1.54) is 0 Å². The Bertz CT molecular complexity index is 1360. The Morgan fingerprint density at radius 1 is 0.956 bits per heavy atom. The van der Waals surface area contributed by atoms with E-state index in [2.05, 4.69) is 60.5 Å². The van der Waals surface area contributed by atoms with Crippen LogP contribution in [0.15, 0.2) is 34.8 Å². The van der Waals surface area contributed by atoms with Crippen molar-refractivity contribution in [3.05, 3.63) is 51.5 Å². The number of carbonyl (C=O) groups is 1. The molecule has 0 aliphatic carbocycles. The van der Waals surface area contributed by atoms with Crippen LogP contribution in [0.25, 0.3) is 0 Å². The van der Waals surface area contributed by atoms with E-state index in [0.717, 1.165) is 38.2 Å². The minimum Gasteiger partial charge on any atom is -0.484 e. The van der Waals surface area contributed by atoms with Gasteiger partial charge in [-0.3, -0.25) is 4.79 Å². The monoisotopic (exact) mass is 746 g/mol. The van der Waals surface area contributed by atoms with Crippen LogP contribution in [0.1, 0.15) is 22.8 Å². The third-order valence-electron chi connectivity index (χ3n) is 6.81. The Morgan fingerprint density at radius 3 is 2.09 bits per heavy atom. The summed E-state index contributed by atoms with van der Waals surface area (Å²) in [5.41, 5.74) is 2.60. The van der Waals surface area contributed by atoms with Crippen molar-refractivity contribution in [3.63, 3.8) is 0 Å². The van der Waals surface area contributed by atoms with E-state index >= 15 is 0 Å². The summed E-state index contributed by atoms with van der Waals surface area (Å²) in [6.07, 6.45) is -0.0259. The fourth-order valence-electron chi connectivity index (χ4n) is 3.99. The number of benzene rings is 2. The summed E-state index contributed by atoms with van der Waals surface area (Å²) < 4.78 is 51.0. The molecule has 0 spiro atoms. The molecule has 0 aliphatic rings. The number of ether oxygens (including phenoxy) is 4. The van der Waals surface area contributed by atoms with Crippen molar-refractivity contribution in [2.75, 3.05) is 50.5 Å². The first-order chi connectivity index (χ1) is 20.8. The van der Waals surface area contributed by atoms with Gasteiger partial charge in [0.1, 0.15) is 18.2 Å². The first-order valence-corrected chi connectivity index (χ1v) is 25.1. The summed E-state index contributed by atoms with van der Waals surface area (Å²) in [4.78, 5) is 12.5. The van der Waals surface area contributed by atoms with Crippen LogP contribution in [0.3, 0.4) is 0 Å².